The number of benzene rings is 2. The van der Waals surface area contributed by atoms with Gasteiger partial charge in [-0.25, -0.2) is 13.8 Å². The monoisotopic (exact) mass is 403 g/mol. The number of hydrogen-bond acceptors (Lipinski definition) is 5. The van der Waals surface area contributed by atoms with Gasteiger partial charge >= 0.3 is 0 Å². The first-order chi connectivity index (χ1) is 13.2. The molecule has 0 spiro atoms. The molecule has 2 aromatic rings. The van der Waals surface area contributed by atoms with Gasteiger partial charge < -0.3 is 4.74 Å². The Morgan fingerprint density at radius 1 is 1.11 bits per heavy atom. The number of carbonyl (C=O) groups excluding carboxylic acids is 1. The summed E-state index contributed by atoms with van der Waals surface area (Å²) in [6.45, 7) is 5.79. The highest BCUT2D eigenvalue weighted by Crippen LogP contribution is 2.18. The number of rotatable bonds is 8. The lowest BCUT2D eigenvalue weighted by Crippen LogP contribution is -2.39. The summed E-state index contributed by atoms with van der Waals surface area (Å²) in [7, 11) is -3.62. The Labute approximate surface area is 166 Å². The van der Waals surface area contributed by atoms with Crippen LogP contribution in [0.5, 0.6) is 5.75 Å². The second-order valence-corrected chi connectivity index (χ2v) is 8.20. The third-order valence-electron chi connectivity index (χ3n) is 3.94. The molecule has 2 rings (SSSR count). The summed E-state index contributed by atoms with van der Waals surface area (Å²) < 4.78 is 30.6. The fourth-order valence-corrected chi connectivity index (χ4v) is 3.30. The quantitative estimate of drug-likeness (QED) is 0.542. The van der Waals surface area contributed by atoms with Crippen molar-refractivity contribution in [2.24, 2.45) is 5.10 Å². The standard InChI is InChI=1S/C20H25N3O4S/c1-5-27-19-12-8-17(9-13-19)16(3)21-22-20(24)14-23(28(4,25)26)18-10-6-15(2)7-11-18/h6-13H,5,14H2,1-4H3,(H,22,24)/b21-16+. The van der Waals surface area contributed by atoms with Gasteiger partial charge in [0.15, 0.2) is 0 Å². The molecule has 0 aromatic heterocycles. The van der Waals surface area contributed by atoms with Crippen LogP contribution in [0, 0.1) is 6.92 Å². The lowest BCUT2D eigenvalue weighted by atomic mass is 10.1. The van der Waals surface area contributed by atoms with Gasteiger partial charge in [0.2, 0.25) is 10.0 Å². The summed E-state index contributed by atoms with van der Waals surface area (Å²) in [6, 6.07) is 14.2. The predicted molar refractivity (Wildman–Crippen MR) is 111 cm³/mol. The number of sulfonamides is 1. The molecule has 1 N–H and O–H groups in total. The molecular weight excluding hydrogens is 378 g/mol. The summed E-state index contributed by atoms with van der Waals surface area (Å²) in [6.07, 6.45) is 1.06. The van der Waals surface area contributed by atoms with Crippen LogP contribution in [0.25, 0.3) is 0 Å². The summed E-state index contributed by atoms with van der Waals surface area (Å²) in [5, 5.41) is 4.07. The first-order valence-corrected chi connectivity index (χ1v) is 10.7. The van der Waals surface area contributed by atoms with E-state index in [2.05, 4.69) is 10.5 Å². The van der Waals surface area contributed by atoms with Crippen LogP contribution >= 0.6 is 0 Å². The van der Waals surface area contributed by atoms with E-state index in [0.29, 0.717) is 18.0 Å². The number of ether oxygens (including phenoxy) is 1. The van der Waals surface area contributed by atoms with Crippen molar-refractivity contribution >= 4 is 27.3 Å². The van der Waals surface area contributed by atoms with Crippen molar-refractivity contribution in [1.82, 2.24) is 5.43 Å². The molecule has 0 heterocycles. The Morgan fingerprint density at radius 2 is 1.71 bits per heavy atom. The average Bonchev–Trinajstić information content (AvgIpc) is 2.65. The highest BCUT2D eigenvalue weighted by atomic mass is 32.2. The van der Waals surface area contributed by atoms with Crippen LogP contribution in [0.1, 0.15) is 25.0 Å². The molecular formula is C20H25N3O4S. The number of anilines is 1. The van der Waals surface area contributed by atoms with Gasteiger partial charge in [-0.1, -0.05) is 17.7 Å². The van der Waals surface area contributed by atoms with Gasteiger partial charge in [0.25, 0.3) is 5.91 Å². The van der Waals surface area contributed by atoms with Crippen molar-refractivity contribution in [1.29, 1.82) is 0 Å². The van der Waals surface area contributed by atoms with E-state index in [1.165, 1.54) is 0 Å². The van der Waals surface area contributed by atoms with Crippen LogP contribution in [-0.2, 0) is 14.8 Å². The Balaban J connectivity index is 2.07. The molecule has 28 heavy (non-hydrogen) atoms. The highest BCUT2D eigenvalue weighted by Gasteiger charge is 2.20. The third-order valence-corrected chi connectivity index (χ3v) is 5.08. The minimum Gasteiger partial charge on any atom is -0.494 e. The van der Waals surface area contributed by atoms with Gasteiger partial charge in [-0.3, -0.25) is 9.10 Å². The first-order valence-electron chi connectivity index (χ1n) is 8.81. The smallest absolute Gasteiger partial charge is 0.260 e. The molecule has 0 radical (unpaired) electrons. The van der Waals surface area contributed by atoms with Gasteiger partial charge in [-0.2, -0.15) is 5.10 Å². The zero-order chi connectivity index (χ0) is 20.7. The van der Waals surface area contributed by atoms with E-state index in [9.17, 15) is 13.2 Å². The molecule has 150 valence electrons. The number of carbonyl (C=O) groups is 1. The molecule has 0 aliphatic carbocycles. The minimum absolute atomic E-state index is 0.359. The van der Waals surface area contributed by atoms with Crippen molar-refractivity contribution in [3.63, 3.8) is 0 Å². The summed E-state index contributed by atoms with van der Waals surface area (Å²) >= 11 is 0. The van der Waals surface area contributed by atoms with E-state index >= 15 is 0 Å². The van der Waals surface area contributed by atoms with Gasteiger partial charge in [0, 0.05) is 0 Å². The van der Waals surface area contributed by atoms with Gasteiger partial charge in [0.05, 0.1) is 24.3 Å². The van der Waals surface area contributed by atoms with Crippen molar-refractivity contribution in [3.05, 3.63) is 59.7 Å². The van der Waals surface area contributed by atoms with Crippen LogP contribution in [0.15, 0.2) is 53.6 Å². The molecule has 0 aliphatic rings. The summed E-state index contributed by atoms with van der Waals surface area (Å²) in [5.74, 6) is 0.223. The Morgan fingerprint density at radius 3 is 2.25 bits per heavy atom. The Bertz CT molecular complexity index is 936. The largest absolute Gasteiger partial charge is 0.494 e. The van der Waals surface area contributed by atoms with Crippen LogP contribution in [0.4, 0.5) is 5.69 Å². The van der Waals surface area contributed by atoms with Crippen molar-refractivity contribution < 1.29 is 17.9 Å². The maximum atomic E-state index is 12.3. The number of amides is 1. The van der Waals surface area contributed by atoms with E-state index in [-0.39, 0.29) is 6.54 Å². The van der Waals surface area contributed by atoms with E-state index in [4.69, 9.17) is 4.74 Å². The topological polar surface area (TPSA) is 88.1 Å². The SMILES string of the molecule is CCOc1ccc(/C(C)=N/NC(=O)CN(c2ccc(C)cc2)S(C)(=O)=O)cc1. The van der Waals surface area contributed by atoms with Crippen LogP contribution in [-0.4, -0.2) is 39.4 Å². The molecule has 1 amide bonds. The predicted octanol–water partition coefficient (Wildman–Crippen LogP) is 2.70. The lowest BCUT2D eigenvalue weighted by Gasteiger charge is -2.21. The van der Waals surface area contributed by atoms with E-state index in [0.717, 1.165) is 27.4 Å². The normalized spacial score (nSPS) is 11.8. The first kappa shape index (κ1) is 21.4. The average molecular weight is 404 g/mol. The maximum absolute atomic E-state index is 12.3. The molecule has 0 bridgehead atoms. The van der Waals surface area contributed by atoms with Gasteiger partial charge in [-0.05, 0) is 62.7 Å². The molecule has 0 aliphatic heterocycles. The number of hydrazone groups is 1. The fraction of sp³-hybridized carbons (Fsp3) is 0.300. The van der Waals surface area contributed by atoms with Crippen LogP contribution in [0.3, 0.4) is 0 Å². The molecule has 0 saturated carbocycles. The van der Waals surface area contributed by atoms with E-state index in [1.54, 1.807) is 31.2 Å². The van der Waals surface area contributed by atoms with Crippen molar-refractivity contribution in [2.45, 2.75) is 20.8 Å². The number of nitrogens with one attached hydrogen (secondary N) is 1. The molecule has 2 aromatic carbocycles. The lowest BCUT2D eigenvalue weighted by molar-refractivity contribution is -0.119. The molecule has 0 fully saturated rings. The molecule has 8 heteroatoms. The van der Waals surface area contributed by atoms with Crippen LogP contribution in [0.2, 0.25) is 0 Å². The van der Waals surface area contributed by atoms with Crippen LogP contribution < -0.4 is 14.5 Å². The minimum atomic E-state index is -3.62. The molecule has 0 saturated heterocycles. The Kier molecular flexibility index (Phi) is 7.17. The summed E-state index contributed by atoms with van der Waals surface area (Å²) in [5.41, 5.74) is 5.26. The maximum Gasteiger partial charge on any atom is 0.260 e. The van der Waals surface area contributed by atoms with E-state index in [1.807, 2.05) is 38.1 Å². The zero-order valence-electron chi connectivity index (χ0n) is 16.5. The number of aryl methyl sites for hydroxylation is 1. The molecule has 0 unspecified atom stereocenters. The van der Waals surface area contributed by atoms with Crippen molar-refractivity contribution in [2.75, 3.05) is 23.7 Å². The fourth-order valence-electron chi connectivity index (χ4n) is 2.45. The zero-order valence-corrected chi connectivity index (χ0v) is 17.3. The Hall–Kier alpha value is -2.87. The number of hydrogen-bond donors (Lipinski definition) is 1. The second-order valence-electron chi connectivity index (χ2n) is 6.29. The third kappa shape index (κ3) is 6.09. The molecule has 0 atom stereocenters. The molecule has 7 nitrogen and oxygen atoms in total. The van der Waals surface area contributed by atoms with Gasteiger partial charge in [-0.15, -0.1) is 0 Å². The van der Waals surface area contributed by atoms with Crippen molar-refractivity contribution in [3.8, 4) is 5.75 Å². The highest BCUT2D eigenvalue weighted by molar-refractivity contribution is 7.92. The summed E-state index contributed by atoms with van der Waals surface area (Å²) in [4.78, 5) is 12.3. The number of nitrogens with zero attached hydrogens (tertiary/aromatic N) is 2. The van der Waals surface area contributed by atoms with Gasteiger partial charge in [0.1, 0.15) is 12.3 Å². The second kappa shape index (κ2) is 9.36. The van der Waals surface area contributed by atoms with E-state index < -0.39 is 15.9 Å².